The van der Waals surface area contributed by atoms with E-state index in [0.29, 0.717) is 24.2 Å². The fourth-order valence-corrected chi connectivity index (χ4v) is 5.10. The van der Waals surface area contributed by atoms with Crippen LogP contribution in [0.15, 0.2) is 53.0 Å². The summed E-state index contributed by atoms with van der Waals surface area (Å²) >= 11 is 3.61. The van der Waals surface area contributed by atoms with Crippen LogP contribution < -0.4 is 0 Å². The number of methoxy groups -OCH3 is 1. The second-order valence-corrected chi connectivity index (χ2v) is 9.04. The molecule has 0 spiro atoms. The number of rotatable bonds is 6. The molecule has 3 aromatic carbocycles. The highest BCUT2D eigenvalue weighted by atomic mass is 79.9. The Morgan fingerprint density at radius 2 is 1.73 bits per heavy atom. The summed E-state index contributed by atoms with van der Waals surface area (Å²) < 4.78 is 10.8. The van der Waals surface area contributed by atoms with Crippen molar-refractivity contribution in [1.82, 2.24) is 14.1 Å². The Balaban J connectivity index is 1.79. The maximum Gasteiger partial charge on any atom is 0.336 e. The molecule has 2 aromatic heterocycles. The number of hydrogen-bond acceptors (Lipinski definition) is 3. The number of aromatic nitrogens is 3. The number of aromatic carboxylic acids is 1. The van der Waals surface area contributed by atoms with Crippen LogP contribution in [0, 0.1) is 6.92 Å². The predicted molar refractivity (Wildman–Crippen MR) is 135 cm³/mol. The third kappa shape index (κ3) is 3.43. The number of fused-ring (bicyclic) bond motifs is 4. The van der Waals surface area contributed by atoms with Gasteiger partial charge in [-0.1, -0.05) is 15.9 Å². The smallest absolute Gasteiger partial charge is 0.336 e. The SMILES string of the molecule is CCn1c2ccc(Br)cc2c2cc(-c3nc4c(C)c(C(=O)O)ccc4n3CCOC)ccc21. The molecule has 0 amide bonds. The van der Waals surface area contributed by atoms with Crippen molar-refractivity contribution in [3.63, 3.8) is 0 Å². The van der Waals surface area contributed by atoms with Crippen LogP contribution in [0.5, 0.6) is 0 Å². The largest absolute Gasteiger partial charge is 0.478 e. The molecule has 6 nitrogen and oxygen atoms in total. The second kappa shape index (κ2) is 8.32. The van der Waals surface area contributed by atoms with Crippen LogP contribution in [0.2, 0.25) is 0 Å². The third-order valence-corrected chi connectivity index (χ3v) is 6.82. The summed E-state index contributed by atoms with van der Waals surface area (Å²) in [4.78, 5) is 16.6. The second-order valence-electron chi connectivity index (χ2n) is 8.13. The highest BCUT2D eigenvalue weighted by molar-refractivity contribution is 9.10. The Morgan fingerprint density at radius 1 is 1.03 bits per heavy atom. The van der Waals surface area contributed by atoms with E-state index < -0.39 is 5.97 Å². The van der Waals surface area contributed by atoms with Crippen LogP contribution in [0.4, 0.5) is 0 Å². The average Bonchev–Trinajstić information content (AvgIpc) is 3.33. The zero-order valence-corrected chi connectivity index (χ0v) is 20.3. The zero-order valence-electron chi connectivity index (χ0n) is 18.7. The Kier molecular flexibility index (Phi) is 5.46. The molecule has 0 aliphatic rings. The number of halogens is 1. The summed E-state index contributed by atoms with van der Waals surface area (Å²) in [5, 5.41) is 11.9. The van der Waals surface area contributed by atoms with E-state index >= 15 is 0 Å². The number of ether oxygens (including phenoxy) is 1. The fourth-order valence-electron chi connectivity index (χ4n) is 4.74. The molecule has 5 aromatic rings. The van der Waals surface area contributed by atoms with Gasteiger partial charge in [0.15, 0.2) is 0 Å². The van der Waals surface area contributed by atoms with Crippen molar-refractivity contribution in [3.8, 4) is 11.4 Å². The van der Waals surface area contributed by atoms with E-state index in [4.69, 9.17) is 9.72 Å². The minimum Gasteiger partial charge on any atom is -0.478 e. The van der Waals surface area contributed by atoms with E-state index in [1.165, 1.54) is 21.8 Å². The maximum atomic E-state index is 11.7. The van der Waals surface area contributed by atoms with Crippen LogP contribution in [-0.4, -0.2) is 38.9 Å². The zero-order chi connectivity index (χ0) is 23.3. The number of benzene rings is 3. The molecule has 33 heavy (non-hydrogen) atoms. The van der Waals surface area contributed by atoms with E-state index in [9.17, 15) is 9.90 Å². The minimum absolute atomic E-state index is 0.275. The van der Waals surface area contributed by atoms with E-state index in [2.05, 4.69) is 68.4 Å². The summed E-state index contributed by atoms with van der Waals surface area (Å²) in [6, 6.07) is 16.3. The molecule has 5 rings (SSSR count). The molecule has 7 heteroatoms. The van der Waals surface area contributed by atoms with E-state index in [0.717, 1.165) is 27.9 Å². The topological polar surface area (TPSA) is 69.3 Å². The Labute approximate surface area is 199 Å². The van der Waals surface area contributed by atoms with Gasteiger partial charge in [0.05, 0.1) is 23.2 Å². The Morgan fingerprint density at radius 3 is 2.42 bits per heavy atom. The molecule has 1 N–H and O–H groups in total. The van der Waals surface area contributed by atoms with Crippen molar-refractivity contribution >= 4 is 54.7 Å². The van der Waals surface area contributed by atoms with Crippen molar-refractivity contribution in [1.29, 1.82) is 0 Å². The molecule has 0 fully saturated rings. The van der Waals surface area contributed by atoms with Crippen LogP contribution in [0.1, 0.15) is 22.8 Å². The lowest BCUT2D eigenvalue weighted by atomic mass is 10.1. The number of nitrogens with zero attached hydrogens (tertiary/aromatic N) is 3. The molecule has 0 saturated heterocycles. The molecule has 0 aliphatic heterocycles. The summed E-state index contributed by atoms with van der Waals surface area (Å²) in [5.41, 5.74) is 5.92. The molecule has 0 unspecified atom stereocenters. The quantitative estimate of drug-likeness (QED) is 0.296. The summed E-state index contributed by atoms with van der Waals surface area (Å²) in [6.45, 7) is 6.00. The molecule has 0 saturated carbocycles. The van der Waals surface area contributed by atoms with Crippen LogP contribution >= 0.6 is 15.9 Å². The maximum absolute atomic E-state index is 11.7. The molecule has 0 aliphatic carbocycles. The first-order valence-electron chi connectivity index (χ1n) is 10.9. The molecule has 0 atom stereocenters. The van der Waals surface area contributed by atoms with Gasteiger partial charge in [-0.3, -0.25) is 0 Å². The Bertz CT molecular complexity index is 1550. The first-order chi connectivity index (χ1) is 15.9. The van der Waals surface area contributed by atoms with Gasteiger partial charge in [-0.05, 0) is 67.9 Å². The van der Waals surface area contributed by atoms with E-state index in [1.54, 1.807) is 13.2 Å². The lowest BCUT2D eigenvalue weighted by Gasteiger charge is -2.10. The number of carboxylic acid groups (broad SMARTS) is 1. The number of carbonyl (C=O) groups is 1. The molecule has 0 bridgehead atoms. The molecule has 168 valence electrons. The normalized spacial score (nSPS) is 11.8. The Hall–Kier alpha value is -3.16. The lowest BCUT2D eigenvalue weighted by molar-refractivity contribution is 0.0696. The monoisotopic (exact) mass is 505 g/mol. The van der Waals surface area contributed by atoms with Crippen LogP contribution in [0.3, 0.4) is 0 Å². The van der Waals surface area contributed by atoms with Gasteiger partial charge >= 0.3 is 5.97 Å². The molecular weight excluding hydrogens is 482 g/mol. The van der Waals surface area contributed by atoms with E-state index in [-0.39, 0.29) is 5.56 Å². The van der Waals surface area contributed by atoms with Gasteiger partial charge in [0.25, 0.3) is 0 Å². The third-order valence-electron chi connectivity index (χ3n) is 6.32. The molecule has 0 radical (unpaired) electrons. The van der Waals surface area contributed by atoms with Crippen LogP contribution in [-0.2, 0) is 17.8 Å². The summed E-state index contributed by atoms with van der Waals surface area (Å²) in [6.07, 6.45) is 0. The average molecular weight is 506 g/mol. The van der Waals surface area contributed by atoms with Crippen LogP contribution in [0.25, 0.3) is 44.2 Å². The van der Waals surface area contributed by atoms with Gasteiger partial charge in [-0.2, -0.15) is 0 Å². The van der Waals surface area contributed by atoms with Crippen molar-refractivity contribution in [2.45, 2.75) is 26.9 Å². The highest BCUT2D eigenvalue weighted by Crippen LogP contribution is 2.35. The van der Waals surface area contributed by atoms with E-state index in [1.807, 2.05) is 13.0 Å². The van der Waals surface area contributed by atoms with Gasteiger partial charge in [0, 0.05) is 52.0 Å². The summed E-state index contributed by atoms with van der Waals surface area (Å²) in [7, 11) is 1.68. The number of imidazole rings is 1. The predicted octanol–water partition coefficient (Wildman–Crippen LogP) is 6.25. The molecular formula is C26H24BrN3O3. The number of hydrogen-bond donors (Lipinski definition) is 1. The van der Waals surface area contributed by atoms with Crippen molar-refractivity contribution in [2.24, 2.45) is 0 Å². The van der Waals surface area contributed by atoms with Gasteiger partial charge in [-0.15, -0.1) is 0 Å². The van der Waals surface area contributed by atoms with Gasteiger partial charge in [-0.25, -0.2) is 9.78 Å². The first-order valence-corrected chi connectivity index (χ1v) is 11.7. The number of carboxylic acids is 1. The van der Waals surface area contributed by atoms with Crippen molar-refractivity contribution < 1.29 is 14.6 Å². The van der Waals surface area contributed by atoms with Gasteiger partial charge < -0.3 is 19.0 Å². The standard InChI is InChI=1S/C26H24BrN3O3/c1-4-29-21-8-5-16(13-19(21)20-14-17(27)6-9-22(20)29)25-28-24-15(2)18(26(31)32)7-10-23(24)30(25)11-12-33-3/h5-10,13-14H,4,11-12H2,1-3H3,(H,31,32). The minimum atomic E-state index is -0.943. The first kappa shape index (κ1) is 21.7. The van der Waals surface area contributed by atoms with Gasteiger partial charge in [0.1, 0.15) is 5.82 Å². The number of aryl methyl sites for hydroxylation is 2. The fraction of sp³-hybridized carbons (Fsp3) is 0.231. The summed E-state index contributed by atoms with van der Waals surface area (Å²) in [5.74, 6) is -0.135. The van der Waals surface area contributed by atoms with Crippen molar-refractivity contribution in [2.75, 3.05) is 13.7 Å². The highest BCUT2D eigenvalue weighted by Gasteiger charge is 2.19. The molecule has 2 heterocycles. The van der Waals surface area contributed by atoms with Crippen molar-refractivity contribution in [3.05, 3.63) is 64.1 Å². The van der Waals surface area contributed by atoms with Gasteiger partial charge in [0.2, 0.25) is 0 Å². The lowest BCUT2D eigenvalue weighted by Crippen LogP contribution is -2.06.